The summed E-state index contributed by atoms with van der Waals surface area (Å²) in [6, 6.07) is 24.8. The maximum atomic E-state index is 16.9. The molecule has 6 aromatic rings. The van der Waals surface area contributed by atoms with E-state index in [-0.39, 0.29) is 43.2 Å². The zero-order chi connectivity index (χ0) is 43.9. The van der Waals surface area contributed by atoms with Gasteiger partial charge in [-0.1, -0.05) is 90.1 Å². The van der Waals surface area contributed by atoms with Gasteiger partial charge in [0.15, 0.2) is 0 Å². The highest BCUT2D eigenvalue weighted by molar-refractivity contribution is 7.18. The smallest absolute Gasteiger partial charge is 0.380 e. The quantitative estimate of drug-likeness (QED) is 0.173. The molecule has 0 radical (unpaired) electrons. The van der Waals surface area contributed by atoms with E-state index in [4.69, 9.17) is 0 Å². The molecule has 0 aliphatic heterocycles. The molecule has 2 heterocycles. The van der Waals surface area contributed by atoms with Crippen LogP contribution in [-0.4, -0.2) is 28.0 Å². The zero-order valence-corrected chi connectivity index (χ0v) is 36.7. The lowest BCUT2D eigenvalue weighted by atomic mass is 9.69. The van der Waals surface area contributed by atoms with Crippen molar-refractivity contribution in [2.75, 3.05) is 0 Å². The van der Waals surface area contributed by atoms with E-state index in [0.29, 0.717) is 54.3 Å². The van der Waals surface area contributed by atoms with E-state index in [9.17, 15) is 10.2 Å². The summed E-state index contributed by atoms with van der Waals surface area (Å²) in [4.78, 5) is 1.16. The monoisotopic (exact) mass is 856 g/mol. The lowest BCUT2D eigenvalue weighted by Gasteiger charge is -2.37. The predicted octanol–water partition coefficient (Wildman–Crippen LogP) is 14.9. The zero-order valence-electron chi connectivity index (χ0n) is 35.1. The number of thiophene rings is 2. The molecular formula is C50H46F6O2S2. The van der Waals surface area contributed by atoms with Crippen molar-refractivity contribution in [3.8, 4) is 32.4 Å². The Balaban J connectivity index is 1.61. The van der Waals surface area contributed by atoms with Crippen LogP contribution in [0, 0.1) is 27.7 Å². The maximum absolute atomic E-state index is 16.9. The Morgan fingerprint density at radius 1 is 0.467 bits per heavy atom. The van der Waals surface area contributed by atoms with Crippen LogP contribution in [-0.2, 0) is 16.2 Å². The van der Waals surface area contributed by atoms with Crippen LogP contribution < -0.4 is 0 Å². The van der Waals surface area contributed by atoms with Gasteiger partial charge in [-0.05, 0) is 131 Å². The highest BCUT2D eigenvalue weighted by Crippen LogP contribution is 2.70. The molecule has 0 saturated heterocycles. The molecule has 2 N–H and O–H groups in total. The summed E-state index contributed by atoms with van der Waals surface area (Å²) in [5.41, 5.74) is 0.457. The van der Waals surface area contributed by atoms with Crippen LogP contribution >= 0.6 is 22.7 Å². The van der Waals surface area contributed by atoms with Crippen LogP contribution in [0.25, 0.3) is 32.0 Å². The fraction of sp³-hybridized carbons (Fsp3) is 0.320. The topological polar surface area (TPSA) is 40.5 Å². The van der Waals surface area contributed by atoms with E-state index >= 15 is 26.3 Å². The Kier molecular flexibility index (Phi) is 9.32. The molecule has 8 rings (SSSR count). The highest BCUT2D eigenvalue weighted by Gasteiger charge is 2.81. The Bertz CT molecular complexity index is 2520. The average molecular weight is 857 g/mol. The standard InChI is InChI=1S/C50H46F6O2S2/c1-25-19-29(20-26(2)41(25)57)37-23-35-39-40(49(53,54)50(55,56)48(39,51)52)36-24-38(30-21-27(3)42(58)28(4)22-30)60-44(36)47(43(35)59-37,33-15-11-31(12-16-33)45(5,6)7)34-17-13-32(14-18-34)46(8,9)10/h11-24,57-58H,1-10H3. The van der Waals surface area contributed by atoms with Crippen molar-refractivity contribution in [3.05, 3.63) is 150 Å². The minimum absolute atomic E-state index is 0.0474. The maximum Gasteiger partial charge on any atom is 0.380 e. The molecular weight excluding hydrogens is 811 g/mol. The first-order valence-corrected chi connectivity index (χ1v) is 21.4. The number of phenolic OH excluding ortho intramolecular Hbond substituents is 2. The van der Waals surface area contributed by atoms with Gasteiger partial charge >= 0.3 is 17.8 Å². The number of aromatic hydroxyl groups is 2. The minimum Gasteiger partial charge on any atom is -0.507 e. The molecule has 0 fully saturated rings. The summed E-state index contributed by atoms with van der Waals surface area (Å²) in [5.74, 6) is -16.2. The van der Waals surface area contributed by atoms with Crippen molar-refractivity contribution in [2.24, 2.45) is 0 Å². The van der Waals surface area contributed by atoms with Crippen molar-refractivity contribution in [1.82, 2.24) is 0 Å². The van der Waals surface area contributed by atoms with Crippen LogP contribution in [0.3, 0.4) is 0 Å². The fourth-order valence-electron chi connectivity index (χ4n) is 8.86. The number of allylic oxidation sites excluding steroid dienone is 2. The predicted molar refractivity (Wildman–Crippen MR) is 233 cm³/mol. The van der Waals surface area contributed by atoms with Gasteiger partial charge in [-0.3, -0.25) is 0 Å². The first-order valence-electron chi connectivity index (χ1n) is 19.8. The molecule has 2 aliphatic carbocycles. The van der Waals surface area contributed by atoms with E-state index in [0.717, 1.165) is 33.8 Å². The Morgan fingerprint density at radius 2 is 0.767 bits per heavy atom. The fourth-order valence-corrected chi connectivity index (χ4v) is 11.7. The molecule has 312 valence electrons. The third-order valence-corrected chi connectivity index (χ3v) is 14.9. The number of halogens is 6. The second kappa shape index (κ2) is 13.3. The Hall–Kier alpha value is -4.80. The highest BCUT2D eigenvalue weighted by atomic mass is 32.1. The molecule has 0 bridgehead atoms. The summed E-state index contributed by atoms with van der Waals surface area (Å²) in [5, 5.41) is 21.4. The average Bonchev–Trinajstić information content (AvgIpc) is 3.80. The summed E-state index contributed by atoms with van der Waals surface area (Å²) >= 11 is 2.20. The molecule has 4 aromatic carbocycles. The molecule has 10 heteroatoms. The van der Waals surface area contributed by atoms with Crippen molar-refractivity contribution in [1.29, 1.82) is 0 Å². The van der Waals surface area contributed by atoms with Crippen LogP contribution in [0.1, 0.15) is 107 Å². The van der Waals surface area contributed by atoms with Crippen LogP contribution in [0.15, 0.2) is 84.9 Å². The molecule has 0 atom stereocenters. The number of fused-ring (bicyclic) bond motifs is 4. The van der Waals surface area contributed by atoms with Crippen molar-refractivity contribution >= 4 is 33.8 Å². The van der Waals surface area contributed by atoms with Gasteiger partial charge in [0.05, 0.1) is 5.41 Å². The first kappa shape index (κ1) is 41.9. The van der Waals surface area contributed by atoms with Crippen LogP contribution in [0.4, 0.5) is 26.3 Å². The molecule has 0 saturated carbocycles. The molecule has 2 aromatic heterocycles. The van der Waals surface area contributed by atoms with E-state index in [2.05, 4.69) is 41.5 Å². The minimum atomic E-state index is -5.76. The Labute approximate surface area is 354 Å². The molecule has 60 heavy (non-hydrogen) atoms. The van der Waals surface area contributed by atoms with Gasteiger partial charge in [0.2, 0.25) is 0 Å². The lowest BCUT2D eigenvalue weighted by Crippen LogP contribution is -2.49. The summed E-state index contributed by atoms with van der Waals surface area (Å²) in [6.07, 6.45) is 0. The molecule has 0 spiro atoms. The van der Waals surface area contributed by atoms with Crippen molar-refractivity contribution in [2.45, 2.75) is 103 Å². The number of rotatable bonds is 4. The number of benzene rings is 4. The number of alkyl halides is 6. The second-order valence-corrected chi connectivity index (χ2v) is 20.6. The van der Waals surface area contributed by atoms with Gasteiger partial charge in [0.1, 0.15) is 11.5 Å². The number of aryl methyl sites for hydroxylation is 4. The van der Waals surface area contributed by atoms with E-state index in [1.807, 2.05) is 48.5 Å². The molecule has 2 nitrogen and oxygen atoms in total. The van der Waals surface area contributed by atoms with Gasteiger partial charge in [-0.25, -0.2) is 0 Å². The van der Waals surface area contributed by atoms with Crippen LogP contribution in [0.5, 0.6) is 11.5 Å². The van der Waals surface area contributed by atoms with Gasteiger partial charge in [-0.15, -0.1) is 22.7 Å². The van der Waals surface area contributed by atoms with Crippen molar-refractivity contribution in [3.63, 3.8) is 0 Å². The van der Waals surface area contributed by atoms with Gasteiger partial charge in [-0.2, -0.15) is 26.3 Å². The lowest BCUT2D eigenvalue weighted by molar-refractivity contribution is -0.254. The SMILES string of the molecule is Cc1cc(-c2cc3c(s2)C(c2ccc(C(C)(C)C)cc2)(c2ccc(C(C)(C)C)cc2)c2sc(-c4cc(C)c(O)c(C)c4)cc2C2=C3C(F)(F)C(F)(F)C2(F)F)cc(C)c1O. The molecule has 0 unspecified atom stereocenters. The number of hydrogen-bond donors (Lipinski definition) is 2. The Morgan fingerprint density at radius 3 is 1.05 bits per heavy atom. The third-order valence-electron chi connectivity index (χ3n) is 12.3. The number of hydrogen-bond acceptors (Lipinski definition) is 4. The summed E-state index contributed by atoms with van der Waals surface area (Å²) < 4.78 is 99.5. The summed E-state index contributed by atoms with van der Waals surface area (Å²) in [6.45, 7) is 19.1. The van der Waals surface area contributed by atoms with E-state index in [1.165, 1.54) is 12.1 Å². The van der Waals surface area contributed by atoms with Crippen LogP contribution in [0.2, 0.25) is 0 Å². The molecule has 0 amide bonds. The van der Waals surface area contributed by atoms with Gasteiger partial charge in [0.25, 0.3) is 0 Å². The number of phenols is 2. The molecule has 2 aliphatic rings. The van der Waals surface area contributed by atoms with Gasteiger partial charge < -0.3 is 10.2 Å². The second-order valence-electron chi connectivity index (χ2n) is 18.5. The summed E-state index contributed by atoms with van der Waals surface area (Å²) in [7, 11) is 0. The van der Waals surface area contributed by atoms with Crippen molar-refractivity contribution < 1.29 is 36.6 Å². The normalized spacial score (nSPS) is 17.6. The van der Waals surface area contributed by atoms with E-state index in [1.54, 1.807) is 52.0 Å². The first-order chi connectivity index (χ1) is 27.7. The van der Waals surface area contributed by atoms with Gasteiger partial charge in [0, 0.05) is 41.8 Å². The third kappa shape index (κ3) is 5.87. The van der Waals surface area contributed by atoms with E-state index < -0.39 is 34.3 Å². The largest absolute Gasteiger partial charge is 0.507 e.